The number of hydrogen-bond donors (Lipinski definition) is 0. The normalized spacial score (nSPS) is 17.2. The lowest BCUT2D eigenvalue weighted by molar-refractivity contribution is 0.194. The molecule has 0 atom stereocenters. The van der Waals surface area contributed by atoms with Crippen LogP contribution in [0, 0.1) is 17.2 Å². The summed E-state index contributed by atoms with van der Waals surface area (Å²) in [4.78, 5) is 8.51. The highest BCUT2D eigenvalue weighted by Crippen LogP contribution is 2.22. The van der Waals surface area contributed by atoms with Crippen LogP contribution >= 0.6 is 11.3 Å². The average Bonchev–Trinajstić information content (AvgIpc) is 2.82. The van der Waals surface area contributed by atoms with Gasteiger partial charge in [0.05, 0.1) is 23.2 Å². The molecule has 2 heterocycles. The van der Waals surface area contributed by atoms with Gasteiger partial charge in [0.15, 0.2) is 0 Å². The first-order chi connectivity index (χ1) is 9.72. The van der Waals surface area contributed by atoms with Gasteiger partial charge in [-0.2, -0.15) is 5.26 Å². The maximum absolute atomic E-state index is 8.90. The Morgan fingerprint density at radius 3 is 2.75 bits per heavy atom. The van der Waals surface area contributed by atoms with E-state index >= 15 is 0 Å². The molecule has 0 N–H and O–H groups in total. The molecular weight excluding hydrogens is 266 g/mol. The first-order valence-electron chi connectivity index (χ1n) is 7.79. The lowest BCUT2D eigenvalue weighted by atomic mass is 9.99. The third-order valence-electron chi connectivity index (χ3n) is 4.07. The molecule has 1 fully saturated rings. The predicted molar refractivity (Wildman–Crippen MR) is 84.0 cm³/mol. The summed E-state index contributed by atoms with van der Waals surface area (Å²) in [6.07, 6.45) is 6.34. The molecule has 0 radical (unpaired) electrons. The lowest BCUT2D eigenvalue weighted by Gasteiger charge is -2.29. The van der Waals surface area contributed by atoms with E-state index in [1.54, 1.807) is 11.3 Å². The monoisotopic (exact) mass is 291 g/mol. The Kier molecular flexibility index (Phi) is 6.00. The Morgan fingerprint density at radius 2 is 2.10 bits per heavy atom. The topological polar surface area (TPSA) is 39.9 Å². The first kappa shape index (κ1) is 15.5. The van der Waals surface area contributed by atoms with Crippen molar-refractivity contribution in [2.45, 2.75) is 52.4 Å². The van der Waals surface area contributed by atoms with E-state index in [2.05, 4.69) is 24.8 Å². The quantitative estimate of drug-likeness (QED) is 0.806. The van der Waals surface area contributed by atoms with Gasteiger partial charge < -0.3 is 4.90 Å². The second kappa shape index (κ2) is 7.75. The fraction of sp³-hybridized carbons (Fsp3) is 0.750. The van der Waals surface area contributed by atoms with Crippen molar-refractivity contribution < 1.29 is 0 Å². The molecule has 4 heteroatoms. The first-order valence-corrected chi connectivity index (χ1v) is 8.61. The number of thiazole rings is 1. The fourth-order valence-corrected chi connectivity index (χ4v) is 3.76. The zero-order valence-corrected chi connectivity index (χ0v) is 13.5. The van der Waals surface area contributed by atoms with Crippen LogP contribution in [0.5, 0.6) is 0 Å². The van der Waals surface area contributed by atoms with Crippen molar-refractivity contribution in [3.8, 4) is 6.07 Å². The van der Waals surface area contributed by atoms with Crippen LogP contribution in [-0.4, -0.2) is 29.5 Å². The van der Waals surface area contributed by atoms with E-state index in [-0.39, 0.29) is 0 Å². The lowest BCUT2D eigenvalue weighted by Crippen LogP contribution is -2.34. The minimum absolute atomic E-state index is 0.522. The number of aromatic nitrogens is 1. The van der Waals surface area contributed by atoms with E-state index in [4.69, 9.17) is 10.2 Å². The van der Waals surface area contributed by atoms with Crippen LogP contribution in [0.25, 0.3) is 0 Å². The number of nitrogens with zero attached hydrogens (tertiary/aromatic N) is 3. The van der Waals surface area contributed by atoms with Gasteiger partial charge in [-0.15, -0.1) is 11.3 Å². The molecule has 0 bridgehead atoms. The van der Waals surface area contributed by atoms with Crippen molar-refractivity contribution in [2.24, 2.45) is 5.92 Å². The van der Waals surface area contributed by atoms with Crippen molar-refractivity contribution in [3.05, 3.63) is 15.6 Å². The van der Waals surface area contributed by atoms with Crippen molar-refractivity contribution in [1.82, 2.24) is 9.88 Å². The summed E-state index contributed by atoms with van der Waals surface area (Å²) < 4.78 is 0. The summed E-state index contributed by atoms with van der Waals surface area (Å²) in [5.74, 6) is 0.893. The molecule has 3 nitrogen and oxygen atoms in total. The van der Waals surface area contributed by atoms with Gasteiger partial charge in [0.25, 0.3) is 0 Å². The summed E-state index contributed by atoms with van der Waals surface area (Å²) in [6, 6.07) is 2.27. The van der Waals surface area contributed by atoms with Crippen LogP contribution < -0.4 is 0 Å². The van der Waals surface area contributed by atoms with Gasteiger partial charge in [-0.05, 0) is 38.3 Å². The van der Waals surface area contributed by atoms with Gasteiger partial charge in [-0.3, -0.25) is 0 Å². The molecule has 0 unspecified atom stereocenters. The summed E-state index contributed by atoms with van der Waals surface area (Å²) in [5, 5.41) is 10.1. The maximum atomic E-state index is 8.90. The van der Waals surface area contributed by atoms with Crippen LogP contribution in [0.3, 0.4) is 0 Å². The molecule has 1 saturated heterocycles. The van der Waals surface area contributed by atoms with Gasteiger partial charge in [0.2, 0.25) is 0 Å². The molecule has 1 aliphatic rings. The van der Waals surface area contributed by atoms with Crippen LogP contribution in [0.1, 0.15) is 48.7 Å². The number of likely N-dealkylation sites (tertiary alicyclic amines) is 1. The standard InChI is InChI=1S/C16H25N3S/c1-3-4-14-15(5-9-17)20-16(18-14)8-12-19-10-6-13(2)7-11-19/h13H,3-8,10-12H2,1-2H3. The number of piperidine rings is 1. The Hall–Kier alpha value is -0.920. The molecule has 1 aliphatic heterocycles. The van der Waals surface area contributed by atoms with Gasteiger partial charge in [-0.1, -0.05) is 20.3 Å². The maximum Gasteiger partial charge on any atom is 0.0944 e. The molecule has 0 saturated carbocycles. The van der Waals surface area contributed by atoms with E-state index < -0.39 is 0 Å². The molecule has 20 heavy (non-hydrogen) atoms. The van der Waals surface area contributed by atoms with Gasteiger partial charge >= 0.3 is 0 Å². The highest BCUT2D eigenvalue weighted by atomic mass is 32.1. The Balaban J connectivity index is 1.89. The second-order valence-electron chi connectivity index (χ2n) is 5.84. The summed E-state index contributed by atoms with van der Waals surface area (Å²) in [7, 11) is 0. The molecule has 0 spiro atoms. The Morgan fingerprint density at radius 1 is 1.35 bits per heavy atom. The third kappa shape index (κ3) is 4.29. The average molecular weight is 291 g/mol. The van der Waals surface area contributed by atoms with Gasteiger partial charge in [0.1, 0.15) is 0 Å². The largest absolute Gasteiger partial charge is 0.303 e. The highest BCUT2D eigenvalue weighted by Gasteiger charge is 2.16. The van der Waals surface area contributed by atoms with Crippen molar-refractivity contribution in [3.63, 3.8) is 0 Å². The minimum atomic E-state index is 0.522. The number of hydrogen-bond acceptors (Lipinski definition) is 4. The summed E-state index contributed by atoms with van der Waals surface area (Å²) in [6.45, 7) is 8.12. The molecule has 110 valence electrons. The third-order valence-corrected chi connectivity index (χ3v) is 5.22. The molecule has 2 rings (SSSR count). The molecule has 0 amide bonds. The number of aryl methyl sites for hydroxylation is 1. The van der Waals surface area contributed by atoms with Crippen molar-refractivity contribution >= 4 is 11.3 Å². The second-order valence-corrected chi connectivity index (χ2v) is 7.00. The Bertz CT molecular complexity index is 453. The Labute approximate surface area is 126 Å². The van der Waals surface area contributed by atoms with E-state index in [1.165, 1.54) is 41.5 Å². The zero-order chi connectivity index (χ0) is 14.4. The van der Waals surface area contributed by atoms with Crippen LogP contribution in [0.2, 0.25) is 0 Å². The summed E-state index contributed by atoms with van der Waals surface area (Å²) >= 11 is 1.75. The van der Waals surface area contributed by atoms with E-state index in [1.807, 2.05) is 0 Å². The van der Waals surface area contributed by atoms with Gasteiger partial charge in [0, 0.05) is 17.8 Å². The molecule has 1 aromatic rings. The van der Waals surface area contributed by atoms with Gasteiger partial charge in [-0.25, -0.2) is 4.98 Å². The smallest absolute Gasteiger partial charge is 0.0944 e. The fourth-order valence-electron chi connectivity index (χ4n) is 2.73. The molecule has 0 aromatic carbocycles. The minimum Gasteiger partial charge on any atom is -0.303 e. The number of nitriles is 1. The van der Waals surface area contributed by atoms with Crippen molar-refractivity contribution in [1.29, 1.82) is 5.26 Å². The van der Waals surface area contributed by atoms with E-state index in [9.17, 15) is 0 Å². The van der Waals surface area contributed by atoms with E-state index in [0.717, 1.165) is 31.7 Å². The molecule has 1 aromatic heterocycles. The van der Waals surface area contributed by atoms with Crippen molar-refractivity contribution in [2.75, 3.05) is 19.6 Å². The summed E-state index contributed by atoms with van der Waals surface area (Å²) in [5.41, 5.74) is 1.17. The van der Waals surface area contributed by atoms with Crippen LogP contribution in [-0.2, 0) is 19.3 Å². The number of rotatable bonds is 6. The van der Waals surface area contributed by atoms with E-state index in [0.29, 0.717) is 6.42 Å². The van der Waals surface area contributed by atoms with Crippen LogP contribution in [0.4, 0.5) is 0 Å². The molecular formula is C16H25N3S. The highest BCUT2D eigenvalue weighted by molar-refractivity contribution is 7.11. The predicted octanol–water partition coefficient (Wildman–Crippen LogP) is 3.44. The molecule has 0 aliphatic carbocycles. The SMILES string of the molecule is CCCc1nc(CCN2CCC(C)CC2)sc1CC#N. The zero-order valence-electron chi connectivity index (χ0n) is 12.7. The van der Waals surface area contributed by atoms with Crippen LogP contribution in [0.15, 0.2) is 0 Å².